The molecule has 0 aromatic carbocycles. The third-order valence-electron chi connectivity index (χ3n) is 3.69. The van der Waals surface area contributed by atoms with E-state index in [9.17, 15) is 4.79 Å². The van der Waals surface area contributed by atoms with Crippen LogP contribution in [0.1, 0.15) is 46.5 Å². The van der Waals surface area contributed by atoms with Gasteiger partial charge in [0.15, 0.2) is 0 Å². The predicted molar refractivity (Wildman–Crippen MR) is 64.4 cm³/mol. The molecule has 3 nitrogen and oxygen atoms in total. The molecule has 0 amide bonds. The quantitative estimate of drug-likeness (QED) is 0.713. The molecular formula is C13H26NO2+. The van der Waals surface area contributed by atoms with Crippen molar-refractivity contribution in [3.05, 3.63) is 0 Å². The van der Waals surface area contributed by atoms with Gasteiger partial charge in [-0.05, 0) is 39.5 Å². The second kappa shape index (κ2) is 6.24. The third kappa shape index (κ3) is 4.12. The minimum atomic E-state index is -0.322. The molecule has 0 spiro atoms. The molecule has 1 heterocycles. The molecule has 1 saturated heterocycles. The number of piperidine rings is 1. The summed E-state index contributed by atoms with van der Waals surface area (Å²) in [7, 11) is 0. The van der Waals surface area contributed by atoms with Gasteiger partial charge in [0, 0.05) is 0 Å². The first kappa shape index (κ1) is 13.5. The average Bonchev–Trinajstić information content (AvgIpc) is 2.30. The lowest BCUT2D eigenvalue weighted by Crippen LogP contribution is -3.13. The van der Waals surface area contributed by atoms with Crippen LogP contribution >= 0.6 is 0 Å². The molecule has 0 aromatic heterocycles. The number of hydrogen-bond acceptors (Lipinski definition) is 2. The Hall–Kier alpha value is -0.570. The van der Waals surface area contributed by atoms with E-state index in [-0.39, 0.29) is 11.4 Å². The van der Waals surface area contributed by atoms with Gasteiger partial charge in [0.05, 0.1) is 18.5 Å². The normalized spacial score (nSPS) is 18.4. The van der Waals surface area contributed by atoms with Crippen LogP contribution in [0.3, 0.4) is 0 Å². The predicted octanol–water partition coefficient (Wildman–Crippen LogP) is 1.03. The molecule has 1 rings (SSSR count). The molecule has 0 atom stereocenters. The Kier molecular flexibility index (Phi) is 5.26. The summed E-state index contributed by atoms with van der Waals surface area (Å²) in [5.41, 5.74) is -0.322. The summed E-state index contributed by atoms with van der Waals surface area (Å²) in [5.74, 6) is -0.0496. The van der Waals surface area contributed by atoms with Crippen molar-refractivity contribution >= 4 is 5.97 Å². The smallest absolute Gasteiger partial charge is 0.311 e. The second-order valence-corrected chi connectivity index (χ2v) is 5.43. The van der Waals surface area contributed by atoms with E-state index in [4.69, 9.17) is 4.74 Å². The lowest BCUT2D eigenvalue weighted by molar-refractivity contribution is -0.905. The van der Waals surface area contributed by atoms with Crippen molar-refractivity contribution < 1.29 is 14.4 Å². The number of esters is 1. The highest BCUT2D eigenvalue weighted by Gasteiger charge is 2.27. The van der Waals surface area contributed by atoms with Crippen LogP contribution in [0.25, 0.3) is 0 Å². The molecule has 1 N–H and O–H groups in total. The van der Waals surface area contributed by atoms with Crippen LogP contribution < -0.4 is 4.90 Å². The third-order valence-corrected chi connectivity index (χ3v) is 3.69. The van der Waals surface area contributed by atoms with Gasteiger partial charge in [-0.25, -0.2) is 0 Å². The number of hydrogen-bond donors (Lipinski definition) is 1. The van der Waals surface area contributed by atoms with Crippen molar-refractivity contribution in [2.75, 3.05) is 26.2 Å². The zero-order valence-electron chi connectivity index (χ0n) is 11.0. The van der Waals surface area contributed by atoms with Gasteiger partial charge in [-0.3, -0.25) is 4.79 Å². The second-order valence-electron chi connectivity index (χ2n) is 5.43. The number of nitrogens with one attached hydrogen (secondary N) is 1. The summed E-state index contributed by atoms with van der Waals surface area (Å²) in [6.07, 6.45) is 4.85. The van der Waals surface area contributed by atoms with E-state index in [0.717, 1.165) is 13.0 Å². The lowest BCUT2D eigenvalue weighted by Gasteiger charge is -2.25. The summed E-state index contributed by atoms with van der Waals surface area (Å²) in [4.78, 5) is 13.3. The molecule has 0 aromatic rings. The van der Waals surface area contributed by atoms with Gasteiger partial charge < -0.3 is 9.64 Å². The van der Waals surface area contributed by atoms with Crippen molar-refractivity contribution in [2.45, 2.75) is 46.5 Å². The molecule has 0 unspecified atom stereocenters. The van der Waals surface area contributed by atoms with Crippen molar-refractivity contribution in [3.63, 3.8) is 0 Å². The summed E-state index contributed by atoms with van der Waals surface area (Å²) in [5, 5.41) is 0. The van der Waals surface area contributed by atoms with Gasteiger partial charge in [-0.2, -0.15) is 0 Å². The van der Waals surface area contributed by atoms with Crippen LogP contribution in [0.5, 0.6) is 0 Å². The van der Waals surface area contributed by atoms with Crippen molar-refractivity contribution in [1.29, 1.82) is 0 Å². The monoisotopic (exact) mass is 228 g/mol. The minimum absolute atomic E-state index is 0.0496. The van der Waals surface area contributed by atoms with Crippen molar-refractivity contribution in [1.82, 2.24) is 0 Å². The van der Waals surface area contributed by atoms with Gasteiger partial charge in [0.2, 0.25) is 0 Å². The Balaban J connectivity index is 2.17. The molecule has 1 fully saturated rings. The van der Waals surface area contributed by atoms with Crippen LogP contribution in [0.2, 0.25) is 0 Å². The molecule has 0 radical (unpaired) electrons. The number of carbonyl (C=O) groups excluding carboxylic acids is 1. The molecule has 0 bridgehead atoms. The van der Waals surface area contributed by atoms with Gasteiger partial charge >= 0.3 is 5.97 Å². The zero-order chi connectivity index (χ0) is 12.0. The first-order valence-corrected chi connectivity index (χ1v) is 6.57. The van der Waals surface area contributed by atoms with E-state index in [1.54, 1.807) is 4.90 Å². The van der Waals surface area contributed by atoms with Crippen LogP contribution in [0, 0.1) is 5.41 Å². The van der Waals surface area contributed by atoms with Crippen molar-refractivity contribution in [3.8, 4) is 0 Å². The number of carbonyl (C=O) groups is 1. The molecule has 94 valence electrons. The fraction of sp³-hybridized carbons (Fsp3) is 0.923. The number of quaternary nitrogens is 1. The lowest BCUT2D eigenvalue weighted by atomic mass is 9.91. The highest BCUT2D eigenvalue weighted by atomic mass is 16.5. The fourth-order valence-corrected chi connectivity index (χ4v) is 1.93. The molecule has 16 heavy (non-hydrogen) atoms. The van der Waals surface area contributed by atoms with Gasteiger partial charge in [-0.15, -0.1) is 0 Å². The standard InChI is InChI=1S/C13H25NO2/c1-4-13(2,3)12(15)16-11-10-14-8-6-5-7-9-14/h4-11H2,1-3H3/p+1. The number of rotatable bonds is 5. The molecule has 1 aliphatic rings. The molecule has 0 aliphatic carbocycles. The van der Waals surface area contributed by atoms with Crippen LogP contribution in [-0.2, 0) is 9.53 Å². The van der Waals surface area contributed by atoms with E-state index in [0.29, 0.717) is 6.61 Å². The van der Waals surface area contributed by atoms with Crippen LogP contribution in [-0.4, -0.2) is 32.2 Å². The number of likely N-dealkylation sites (tertiary alicyclic amines) is 1. The molecular weight excluding hydrogens is 202 g/mol. The highest BCUT2D eigenvalue weighted by Crippen LogP contribution is 2.20. The van der Waals surface area contributed by atoms with E-state index in [2.05, 4.69) is 0 Å². The van der Waals surface area contributed by atoms with Gasteiger partial charge in [0.1, 0.15) is 13.2 Å². The molecule has 3 heteroatoms. The maximum absolute atomic E-state index is 11.7. The minimum Gasteiger partial charge on any atom is -0.459 e. The van der Waals surface area contributed by atoms with Crippen LogP contribution in [0.4, 0.5) is 0 Å². The SMILES string of the molecule is CCC(C)(C)C(=O)OCC[NH+]1CCCCC1. The highest BCUT2D eigenvalue weighted by molar-refractivity contribution is 5.75. The Labute approximate surface area is 99.1 Å². The number of ether oxygens (including phenoxy) is 1. The summed E-state index contributed by atoms with van der Waals surface area (Å²) >= 11 is 0. The average molecular weight is 228 g/mol. The molecule has 0 saturated carbocycles. The Bertz CT molecular complexity index is 220. The Morgan fingerprint density at radius 2 is 1.88 bits per heavy atom. The van der Waals surface area contributed by atoms with E-state index >= 15 is 0 Å². The maximum atomic E-state index is 11.7. The fourth-order valence-electron chi connectivity index (χ4n) is 1.93. The van der Waals surface area contributed by atoms with Crippen LogP contribution in [0.15, 0.2) is 0 Å². The first-order chi connectivity index (χ1) is 7.56. The first-order valence-electron chi connectivity index (χ1n) is 6.57. The van der Waals surface area contributed by atoms with E-state index in [1.807, 2.05) is 20.8 Å². The van der Waals surface area contributed by atoms with Crippen molar-refractivity contribution in [2.24, 2.45) is 5.41 Å². The van der Waals surface area contributed by atoms with E-state index < -0.39 is 0 Å². The largest absolute Gasteiger partial charge is 0.459 e. The van der Waals surface area contributed by atoms with Gasteiger partial charge in [-0.1, -0.05) is 6.92 Å². The van der Waals surface area contributed by atoms with Gasteiger partial charge in [0.25, 0.3) is 0 Å². The molecule has 1 aliphatic heterocycles. The zero-order valence-corrected chi connectivity index (χ0v) is 11.0. The van der Waals surface area contributed by atoms with E-state index in [1.165, 1.54) is 32.4 Å². The Morgan fingerprint density at radius 3 is 2.44 bits per heavy atom. The summed E-state index contributed by atoms with van der Waals surface area (Å²) in [6, 6.07) is 0. The topological polar surface area (TPSA) is 30.7 Å². The Morgan fingerprint density at radius 1 is 1.25 bits per heavy atom. The summed E-state index contributed by atoms with van der Waals surface area (Å²) in [6.45, 7) is 9.97. The maximum Gasteiger partial charge on any atom is 0.311 e. The summed E-state index contributed by atoms with van der Waals surface area (Å²) < 4.78 is 5.34.